The summed E-state index contributed by atoms with van der Waals surface area (Å²) in [7, 11) is -0.333. The Kier molecular flexibility index (Phi) is 1850. The van der Waals surface area contributed by atoms with Gasteiger partial charge in [0.25, 0.3) is 0 Å². The molecule has 0 unspecified atom stereocenters. The van der Waals surface area contributed by atoms with Gasteiger partial charge in [0.2, 0.25) is 0 Å². The molecule has 0 atom stereocenters. The van der Waals surface area contributed by atoms with Crippen LogP contribution in [0.15, 0.2) is 0 Å². The van der Waals surface area contributed by atoms with Gasteiger partial charge in [-0.25, -0.2) is 0 Å². The van der Waals surface area contributed by atoms with Gasteiger partial charge in [0.15, 0.2) is 0 Å². The van der Waals surface area contributed by atoms with Crippen LogP contribution in [0.25, 0.3) is 5.16 Å². The summed E-state index contributed by atoms with van der Waals surface area (Å²) in [6.07, 6.45) is 0. The van der Waals surface area contributed by atoms with Gasteiger partial charge < -0.3 is 5.16 Å². The zero-order chi connectivity index (χ0) is 6.71. The fourth-order valence-corrected chi connectivity index (χ4v) is 0. The van der Waals surface area contributed by atoms with E-state index in [1.165, 1.54) is 0 Å². The number of hydrogen-bond donors (Lipinski definition) is 0. The Morgan fingerprint density at radius 3 is 1.00 bits per heavy atom. The molecule has 0 aromatic carbocycles. The molecule has 0 saturated heterocycles. The van der Waals surface area contributed by atoms with Crippen LogP contribution in [0, 0.1) is 0 Å². The molecular formula is C3H13F4KNP. The number of halogens is 4. The molecule has 0 saturated carbocycles. The van der Waals surface area contributed by atoms with Crippen molar-refractivity contribution in [3.63, 3.8) is 0 Å². The molecule has 0 amide bonds. The quantitative estimate of drug-likeness (QED) is 0.328. The van der Waals surface area contributed by atoms with Gasteiger partial charge >= 0.3 is 51.4 Å². The third kappa shape index (κ3) is 319. The van der Waals surface area contributed by atoms with Crippen LogP contribution in [0.2, 0.25) is 0 Å². The van der Waals surface area contributed by atoms with Crippen LogP contribution in [0.4, 0.5) is 18.3 Å². The van der Waals surface area contributed by atoms with Gasteiger partial charge in [-0.15, -0.1) is 0 Å². The van der Waals surface area contributed by atoms with E-state index in [2.05, 4.69) is 0 Å². The van der Waals surface area contributed by atoms with Gasteiger partial charge in [0.05, 0.1) is 1.28 Å². The summed E-state index contributed by atoms with van der Waals surface area (Å²) in [4.78, 5) is 0. The first-order valence-electron chi connectivity index (χ1n) is 0.933. The van der Waals surface area contributed by atoms with Crippen molar-refractivity contribution in [3.05, 3.63) is 5.16 Å². The van der Waals surface area contributed by atoms with Crippen molar-refractivity contribution >= 4 is 8.98 Å². The Hall–Kier alpha value is 1.46. The molecule has 0 aliphatic carbocycles. The maximum atomic E-state index is 8.00. The molecule has 1 nitrogen and oxygen atoms in total. The average molecular weight is 210 g/mol. The Morgan fingerprint density at radius 1 is 1.00 bits per heavy atom. The fraction of sp³-hybridized carbons (Fsp3) is 1.00. The largest absolute Gasteiger partial charge is 1.00 e. The molecule has 0 aromatic heterocycles. The van der Waals surface area contributed by atoms with Crippen molar-refractivity contribution in [2.75, 3.05) is 0 Å². The van der Waals surface area contributed by atoms with Crippen molar-refractivity contribution in [2.45, 2.75) is 22.3 Å². The predicted octanol–water partition coefficient (Wildman–Crippen LogP) is 1.48. The van der Waals surface area contributed by atoms with Crippen molar-refractivity contribution in [2.24, 2.45) is 0 Å². The summed E-state index contributed by atoms with van der Waals surface area (Å²) in [6.45, 7) is 0. The number of rotatable bonds is 0. The van der Waals surface area contributed by atoms with Crippen molar-refractivity contribution in [3.8, 4) is 0 Å². The summed E-state index contributed by atoms with van der Waals surface area (Å²) in [5.41, 5.74) is 0. The van der Waals surface area contributed by atoms with E-state index in [1.54, 1.807) is 0 Å². The molecule has 10 heavy (non-hydrogen) atoms. The first-order chi connectivity index (χ1) is 3.41. The molecule has 0 rings (SSSR count). The first kappa shape index (κ1) is 42.1. The van der Waals surface area contributed by atoms with E-state index >= 15 is 0 Å². The minimum Gasteiger partial charge on any atom is -0.786 e. The Labute approximate surface area is 106 Å². The minimum atomic E-state index is -0.333. The summed E-state index contributed by atoms with van der Waals surface area (Å²) < 4.78 is 37.7. The van der Waals surface area contributed by atoms with Crippen LogP contribution in [0.5, 0.6) is 0 Å². The van der Waals surface area contributed by atoms with Crippen molar-refractivity contribution < 1.29 is 69.7 Å². The SMILES string of the molecule is C.C.C.FF.FF.[2H]P=[N-].[K+]. The van der Waals surface area contributed by atoms with Gasteiger partial charge in [-0.2, -0.15) is 0 Å². The van der Waals surface area contributed by atoms with Gasteiger partial charge in [-0.3, -0.25) is 8.98 Å². The van der Waals surface area contributed by atoms with Crippen LogP contribution >= 0.6 is 8.98 Å². The summed E-state index contributed by atoms with van der Waals surface area (Å²) in [6, 6.07) is 0. The molecule has 0 fully saturated rings. The fourth-order valence-electron chi connectivity index (χ4n) is 0. The molecule has 64 valence electrons. The molecule has 0 aliphatic heterocycles. The minimum absolute atomic E-state index is 0. The van der Waals surface area contributed by atoms with Crippen molar-refractivity contribution in [1.29, 1.82) is 1.28 Å². The molecule has 0 aromatic rings. The Morgan fingerprint density at radius 2 is 1.00 bits per heavy atom. The Bertz CT molecular complexity index is 32.8. The maximum Gasteiger partial charge on any atom is 1.00 e. The van der Waals surface area contributed by atoms with E-state index in [-0.39, 0.29) is 82.6 Å². The van der Waals surface area contributed by atoms with Gasteiger partial charge in [0.1, 0.15) is 0 Å². The maximum absolute atomic E-state index is 8.00. The molecule has 0 heterocycles. The molecular weight excluding hydrogens is 196 g/mol. The molecule has 7 heteroatoms. The van der Waals surface area contributed by atoms with Gasteiger partial charge in [0, 0.05) is 18.3 Å². The molecule has 0 bridgehead atoms. The molecule has 0 N–H and O–H groups in total. The number of nitrogens with zero attached hydrogens (tertiary/aromatic N) is 1. The van der Waals surface area contributed by atoms with Crippen LogP contribution < -0.4 is 51.4 Å². The zero-order valence-corrected chi connectivity index (χ0v) is 7.42. The van der Waals surface area contributed by atoms with Crippen LogP contribution in [-0.2, 0) is 0 Å². The molecule has 0 radical (unpaired) electrons. The van der Waals surface area contributed by atoms with E-state index in [0.29, 0.717) is 0 Å². The smallest absolute Gasteiger partial charge is 0.786 e. The standard InChI is InChI=1S/3CH4.2F2.K.HNP/c;;;2*1-2;;1-2/h3*1H4;;;;2H/q;;;;;+1;-1/i;;;;;;2D. The van der Waals surface area contributed by atoms with E-state index in [9.17, 15) is 0 Å². The van der Waals surface area contributed by atoms with E-state index in [1.807, 2.05) is 0 Å². The molecule has 0 aliphatic rings. The van der Waals surface area contributed by atoms with Crippen molar-refractivity contribution in [1.82, 2.24) is 0 Å². The van der Waals surface area contributed by atoms with Crippen LogP contribution in [0.1, 0.15) is 22.3 Å². The molecule has 0 spiro atoms. The van der Waals surface area contributed by atoms with E-state index in [4.69, 9.17) is 24.7 Å². The van der Waals surface area contributed by atoms with Crippen LogP contribution in [-0.4, -0.2) is 1.28 Å². The second-order valence-electron chi connectivity index (χ2n) is 0. The first-order valence-corrected chi connectivity index (χ1v) is 0.886. The van der Waals surface area contributed by atoms with Gasteiger partial charge in [-0.05, 0) is 0 Å². The van der Waals surface area contributed by atoms with Crippen LogP contribution in [0.3, 0.4) is 0 Å². The summed E-state index contributed by atoms with van der Waals surface area (Å²) in [5.74, 6) is 0. The average Bonchev–Trinajstić information content (AvgIpc) is 1.78. The Balaban J connectivity index is -0.00000000378. The summed E-state index contributed by atoms with van der Waals surface area (Å²) >= 11 is 0. The predicted molar refractivity (Wildman–Crippen MR) is 36.3 cm³/mol. The third-order valence-corrected chi connectivity index (χ3v) is 0. The summed E-state index contributed by atoms with van der Waals surface area (Å²) in [5, 5.41) is 7.21. The monoisotopic (exact) mass is 210 g/mol. The van der Waals surface area contributed by atoms with Gasteiger partial charge in [-0.1, -0.05) is 22.3 Å². The topological polar surface area (TPSA) is 22.3 Å². The second kappa shape index (κ2) is 441. The van der Waals surface area contributed by atoms with E-state index < -0.39 is 0 Å². The second-order valence-corrected chi connectivity index (χ2v) is 0. The normalized spacial score (nSPS) is 3.40. The number of hydrogen-bond acceptors (Lipinski definition) is 0. The van der Waals surface area contributed by atoms with E-state index in [0.717, 1.165) is 0 Å². The zero-order valence-electron chi connectivity index (χ0n) is 4.41. The third-order valence-electron chi connectivity index (χ3n) is 0.